The van der Waals surface area contributed by atoms with Crippen LogP contribution in [0, 0.1) is 5.92 Å². The molecular formula is C16H19ClN2S. The third kappa shape index (κ3) is 2.94. The topological polar surface area (TPSA) is 15.3 Å². The van der Waals surface area contributed by atoms with Gasteiger partial charge in [-0.15, -0.1) is 11.3 Å². The van der Waals surface area contributed by atoms with Crippen molar-refractivity contribution in [3.05, 3.63) is 45.6 Å². The Balaban J connectivity index is 1.81. The summed E-state index contributed by atoms with van der Waals surface area (Å²) in [5, 5.41) is 6.60. The van der Waals surface area contributed by atoms with E-state index in [0.717, 1.165) is 22.3 Å². The van der Waals surface area contributed by atoms with Crippen LogP contribution < -0.4 is 10.2 Å². The van der Waals surface area contributed by atoms with Gasteiger partial charge in [-0.2, -0.15) is 0 Å². The Morgan fingerprint density at radius 3 is 2.65 bits per heavy atom. The van der Waals surface area contributed by atoms with Crippen LogP contribution in [0.5, 0.6) is 0 Å². The van der Waals surface area contributed by atoms with Crippen molar-refractivity contribution in [3.8, 4) is 0 Å². The Labute approximate surface area is 129 Å². The first-order chi connectivity index (χ1) is 9.65. The summed E-state index contributed by atoms with van der Waals surface area (Å²) < 4.78 is 0. The number of rotatable bonds is 5. The number of anilines is 2. The number of nitrogens with one attached hydrogen (secondary N) is 1. The van der Waals surface area contributed by atoms with E-state index in [-0.39, 0.29) is 0 Å². The molecule has 1 aliphatic rings. The van der Waals surface area contributed by atoms with Crippen LogP contribution in [0.15, 0.2) is 35.7 Å². The Morgan fingerprint density at radius 2 is 2.10 bits per heavy atom. The maximum absolute atomic E-state index is 6.35. The van der Waals surface area contributed by atoms with Gasteiger partial charge < -0.3 is 10.2 Å². The molecule has 1 atom stereocenters. The fourth-order valence-electron chi connectivity index (χ4n) is 2.46. The average Bonchev–Trinajstić information content (AvgIpc) is 3.10. The SMILES string of the molecule is CN(C)c1ccc(NC(c2cccs2)C2CC2)cc1Cl. The summed E-state index contributed by atoms with van der Waals surface area (Å²) in [6.07, 6.45) is 2.64. The van der Waals surface area contributed by atoms with Crippen LogP contribution >= 0.6 is 22.9 Å². The summed E-state index contributed by atoms with van der Waals surface area (Å²) in [5.74, 6) is 0.765. The number of hydrogen-bond acceptors (Lipinski definition) is 3. The van der Waals surface area contributed by atoms with Gasteiger partial charge in [0.15, 0.2) is 0 Å². The molecule has 1 heterocycles. The van der Waals surface area contributed by atoms with Gasteiger partial charge in [0.1, 0.15) is 0 Å². The van der Waals surface area contributed by atoms with Crippen molar-refractivity contribution in [1.29, 1.82) is 0 Å². The number of nitrogens with zero attached hydrogens (tertiary/aromatic N) is 1. The highest BCUT2D eigenvalue weighted by molar-refractivity contribution is 7.10. The molecule has 0 spiro atoms. The second-order valence-electron chi connectivity index (χ2n) is 5.54. The zero-order valence-electron chi connectivity index (χ0n) is 11.8. The van der Waals surface area contributed by atoms with Crippen LogP contribution in [0.1, 0.15) is 23.8 Å². The Kier molecular flexibility index (Phi) is 3.90. The molecule has 1 aromatic carbocycles. The Morgan fingerprint density at radius 1 is 1.30 bits per heavy atom. The summed E-state index contributed by atoms with van der Waals surface area (Å²) in [7, 11) is 4.01. The highest BCUT2D eigenvalue weighted by Gasteiger charge is 2.32. The molecule has 106 valence electrons. The number of benzene rings is 1. The van der Waals surface area contributed by atoms with Gasteiger partial charge in [0.2, 0.25) is 0 Å². The summed E-state index contributed by atoms with van der Waals surface area (Å²) in [5.41, 5.74) is 2.15. The Hall–Kier alpha value is -1.19. The van der Waals surface area contributed by atoms with Crippen molar-refractivity contribution in [3.63, 3.8) is 0 Å². The summed E-state index contributed by atoms with van der Waals surface area (Å²) in [6.45, 7) is 0. The maximum atomic E-state index is 6.35. The number of thiophene rings is 1. The predicted octanol–water partition coefficient (Wildman–Crippen LogP) is 5.03. The lowest BCUT2D eigenvalue weighted by molar-refractivity contribution is 0.691. The van der Waals surface area contributed by atoms with Crippen molar-refractivity contribution in [1.82, 2.24) is 0 Å². The van der Waals surface area contributed by atoms with Crippen LogP contribution in [0.4, 0.5) is 11.4 Å². The second-order valence-corrected chi connectivity index (χ2v) is 6.92. The lowest BCUT2D eigenvalue weighted by Gasteiger charge is -2.20. The standard InChI is InChI=1S/C16H19ClN2S/c1-19(2)14-8-7-12(10-13(14)17)18-16(11-5-6-11)15-4-3-9-20-15/h3-4,7-11,16,18H,5-6H2,1-2H3. The quantitative estimate of drug-likeness (QED) is 0.833. The van der Waals surface area contributed by atoms with Crippen molar-refractivity contribution in [2.24, 2.45) is 5.92 Å². The molecule has 1 unspecified atom stereocenters. The van der Waals surface area contributed by atoms with Crippen LogP contribution in [0.25, 0.3) is 0 Å². The van der Waals surface area contributed by atoms with E-state index in [1.165, 1.54) is 17.7 Å². The first kappa shape index (κ1) is 13.8. The summed E-state index contributed by atoms with van der Waals surface area (Å²) >= 11 is 8.18. The minimum Gasteiger partial charge on any atom is -0.377 e. The molecule has 0 aliphatic heterocycles. The van der Waals surface area contributed by atoms with Gasteiger partial charge in [0, 0.05) is 24.7 Å². The molecule has 0 saturated heterocycles. The van der Waals surface area contributed by atoms with Gasteiger partial charge in [-0.25, -0.2) is 0 Å². The van der Waals surface area contributed by atoms with Gasteiger partial charge in [-0.3, -0.25) is 0 Å². The van der Waals surface area contributed by atoms with Gasteiger partial charge >= 0.3 is 0 Å². The molecule has 1 fully saturated rings. The maximum Gasteiger partial charge on any atom is 0.0659 e. The first-order valence-corrected chi connectivity index (χ1v) is 8.18. The molecule has 0 bridgehead atoms. The van der Waals surface area contributed by atoms with Crippen molar-refractivity contribution in [2.45, 2.75) is 18.9 Å². The van der Waals surface area contributed by atoms with E-state index in [1.807, 2.05) is 36.4 Å². The predicted molar refractivity (Wildman–Crippen MR) is 89.2 cm³/mol. The molecule has 1 saturated carbocycles. The van der Waals surface area contributed by atoms with E-state index in [9.17, 15) is 0 Å². The van der Waals surface area contributed by atoms with Crippen molar-refractivity contribution < 1.29 is 0 Å². The zero-order valence-corrected chi connectivity index (χ0v) is 13.3. The molecule has 2 aromatic rings. The zero-order chi connectivity index (χ0) is 14.1. The van der Waals surface area contributed by atoms with E-state index < -0.39 is 0 Å². The lowest BCUT2D eigenvalue weighted by atomic mass is 10.1. The van der Waals surface area contributed by atoms with Crippen LogP contribution in [-0.2, 0) is 0 Å². The van der Waals surface area contributed by atoms with E-state index in [4.69, 9.17) is 11.6 Å². The fourth-order valence-corrected chi connectivity index (χ4v) is 3.68. The molecule has 4 heteroatoms. The summed E-state index contributed by atoms with van der Waals surface area (Å²) in [6, 6.07) is 11.0. The number of hydrogen-bond donors (Lipinski definition) is 1. The van der Waals surface area contributed by atoms with Crippen LogP contribution in [0.2, 0.25) is 5.02 Å². The molecule has 20 heavy (non-hydrogen) atoms. The van der Waals surface area contributed by atoms with Crippen LogP contribution in [0.3, 0.4) is 0 Å². The molecule has 1 N–H and O–H groups in total. The fraction of sp³-hybridized carbons (Fsp3) is 0.375. The third-order valence-corrected chi connectivity index (χ3v) is 4.95. The van der Waals surface area contributed by atoms with Gasteiger partial charge in [0.05, 0.1) is 16.8 Å². The van der Waals surface area contributed by atoms with Crippen molar-refractivity contribution >= 4 is 34.3 Å². The minimum absolute atomic E-state index is 0.427. The smallest absolute Gasteiger partial charge is 0.0659 e. The molecular weight excluding hydrogens is 288 g/mol. The normalized spacial score (nSPS) is 15.9. The third-order valence-electron chi connectivity index (χ3n) is 3.69. The Bertz CT molecular complexity index is 576. The van der Waals surface area contributed by atoms with E-state index in [1.54, 1.807) is 0 Å². The highest BCUT2D eigenvalue weighted by Crippen LogP contribution is 2.44. The molecule has 0 amide bonds. The lowest BCUT2D eigenvalue weighted by Crippen LogP contribution is -2.12. The molecule has 2 nitrogen and oxygen atoms in total. The van der Waals surface area contributed by atoms with Gasteiger partial charge in [0.25, 0.3) is 0 Å². The summed E-state index contributed by atoms with van der Waals surface area (Å²) in [4.78, 5) is 3.45. The molecule has 3 rings (SSSR count). The van der Waals surface area contributed by atoms with E-state index >= 15 is 0 Å². The van der Waals surface area contributed by atoms with E-state index in [2.05, 4.69) is 35.0 Å². The number of halogens is 1. The van der Waals surface area contributed by atoms with Crippen LogP contribution in [-0.4, -0.2) is 14.1 Å². The molecule has 0 radical (unpaired) electrons. The van der Waals surface area contributed by atoms with Crippen molar-refractivity contribution in [2.75, 3.05) is 24.3 Å². The molecule has 1 aromatic heterocycles. The molecule has 1 aliphatic carbocycles. The van der Waals surface area contributed by atoms with Gasteiger partial charge in [-0.1, -0.05) is 17.7 Å². The second kappa shape index (κ2) is 5.66. The monoisotopic (exact) mass is 306 g/mol. The first-order valence-electron chi connectivity index (χ1n) is 6.92. The average molecular weight is 307 g/mol. The highest BCUT2D eigenvalue weighted by atomic mass is 35.5. The van der Waals surface area contributed by atoms with E-state index in [0.29, 0.717) is 6.04 Å². The largest absolute Gasteiger partial charge is 0.377 e. The van der Waals surface area contributed by atoms with Gasteiger partial charge in [-0.05, 0) is 48.4 Å². The minimum atomic E-state index is 0.427.